The van der Waals surface area contributed by atoms with E-state index in [1.165, 1.54) is 0 Å². The molecule has 1 atom stereocenters. The Morgan fingerprint density at radius 3 is 3.19 bits per heavy atom. The van der Waals surface area contributed by atoms with Gasteiger partial charge in [-0.15, -0.1) is 0 Å². The molecule has 0 saturated carbocycles. The van der Waals surface area contributed by atoms with Gasteiger partial charge in [-0.05, 0) is 12.5 Å². The molecule has 1 unspecified atom stereocenters. The highest BCUT2D eigenvalue weighted by Crippen LogP contribution is 2.28. The highest BCUT2D eigenvalue weighted by molar-refractivity contribution is 5.83. The fourth-order valence-electron chi connectivity index (χ4n) is 2.41. The lowest BCUT2D eigenvalue weighted by atomic mass is 10.0. The topological polar surface area (TPSA) is 49.6 Å². The van der Waals surface area contributed by atoms with Crippen LogP contribution in [0.1, 0.15) is 12.5 Å². The Bertz CT molecular complexity index is 438. The van der Waals surface area contributed by atoms with Crippen LogP contribution in [0.3, 0.4) is 0 Å². The number of carbonyl (C=O) groups excluding carboxylic acids is 1. The van der Waals surface area contributed by atoms with Gasteiger partial charge in [-0.25, -0.2) is 4.79 Å². The summed E-state index contributed by atoms with van der Waals surface area (Å²) in [4.78, 5) is 15.7. The fraction of sp³-hybridized carbons (Fsp3) is 0.455. The van der Waals surface area contributed by atoms with Gasteiger partial charge in [0, 0.05) is 25.2 Å². The van der Waals surface area contributed by atoms with Crippen LogP contribution in [0, 0.1) is 0 Å². The van der Waals surface area contributed by atoms with Gasteiger partial charge in [0.15, 0.2) is 0 Å². The average Bonchev–Trinajstić information content (AvgIpc) is 2.88. The Balaban J connectivity index is 1.93. The summed E-state index contributed by atoms with van der Waals surface area (Å²) >= 11 is 0. The van der Waals surface area contributed by atoms with Gasteiger partial charge in [0.1, 0.15) is 6.26 Å². The standard InChI is InChI=1S/C11H13N3O2/c1-2-14-10-3-8(9-4-12-16-7-9)5-13(6-10)11(14)15/h3-4,7,10H,2,5-6H2,1H3. The van der Waals surface area contributed by atoms with E-state index in [2.05, 4.69) is 11.2 Å². The Labute approximate surface area is 93.3 Å². The normalized spacial score (nSPS) is 23.9. The van der Waals surface area contributed by atoms with E-state index in [4.69, 9.17) is 4.52 Å². The van der Waals surface area contributed by atoms with Gasteiger partial charge in [-0.3, -0.25) is 0 Å². The molecule has 84 valence electrons. The number of hydrogen-bond acceptors (Lipinski definition) is 3. The molecule has 1 aromatic heterocycles. The summed E-state index contributed by atoms with van der Waals surface area (Å²) in [7, 11) is 0. The minimum absolute atomic E-state index is 0.134. The predicted molar refractivity (Wildman–Crippen MR) is 57.6 cm³/mol. The largest absolute Gasteiger partial charge is 0.364 e. The lowest BCUT2D eigenvalue weighted by Crippen LogP contribution is -2.32. The van der Waals surface area contributed by atoms with Gasteiger partial charge in [-0.2, -0.15) is 0 Å². The molecule has 3 heterocycles. The molecule has 0 N–H and O–H groups in total. The minimum atomic E-state index is 0.134. The van der Waals surface area contributed by atoms with Crippen molar-refractivity contribution < 1.29 is 9.32 Å². The third kappa shape index (κ3) is 1.24. The first-order valence-electron chi connectivity index (χ1n) is 5.45. The number of carbonyl (C=O) groups is 1. The summed E-state index contributed by atoms with van der Waals surface area (Å²) < 4.78 is 4.83. The van der Waals surface area contributed by atoms with Gasteiger partial charge in [0.05, 0.1) is 12.2 Å². The molecule has 1 aromatic rings. The summed E-state index contributed by atoms with van der Waals surface area (Å²) in [6.45, 7) is 4.23. The smallest absolute Gasteiger partial charge is 0.320 e. The van der Waals surface area contributed by atoms with E-state index in [1.54, 1.807) is 12.5 Å². The maximum atomic E-state index is 11.9. The zero-order valence-electron chi connectivity index (χ0n) is 9.09. The second kappa shape index (κ2) is 3.37. The van der Waals surface area contributed by atoms with Crippen LogP contribution in [0.4, 0.5) is 4.79 Å². The Morgan fingerprint density at radius 1 is 1.62 bits per heavy atom. The van der Waals surface area contributed by atoms with E-state index in [9.17, 15) is 4.79 Å². The van der Waals surface area contributed by atoms with Crippen molar-refractivity contribution in [3.63, 3.8) is 0 Å². The van der Waals surface area contributed by atoms with Crippen LogP contribution in [0.25, 0.3) is 5.57 Å². The zero-order valence-corrected chi connectivity index (χ0v) is 9.09. The van der Waals surface area contributed by atoms with Gasteiger partial charge in [0.25, 0.3) is 0 Å². The molecule has 2 amide bonds. The molecule has 2 bridgehead atoms. The van der Waals surface area contributed by atoms with E-state index in [-0.39, 0.29) is 12.1 Å². The summed E-state index contributed by atoms with van der Waals surface area (Å²) in [6.07, 6.45) is 5.47. The van der Waals surface area contributed by atoms with Crippen molar-refractivity contribution in [1.82, 2.24) is 15.0 Å². The van der Waals surface area contributed by atoms with Crippen molar-refractivity contribution in [2.24, 2.45) is 0 Å². The van der Waals surface area contributed by atoms with E-state index in [0.29, 0.717) is 6.54 Å². The number of fused-ring (bicyclic) bond motifs is 2. The maximum Gasteiger partial charge on any atom is 0.320 e. The van der Waals surface area contributed by atoms with Crippen molar-refractivity contribution in [3.8, 4) is 0 Å². The molecule has 0 radical (unpaired) electrons. The van der Waals surface area contributed by atoms with Crippen LogP contribution in [0.5, 0.6) is 0 Å². The Hall–Kier alpha value is -1.78. The number of hydrogen-bond donors (Lipinski definition) is 0. The van der Waals surface area contributed by atoms with Crippen molar-refractivity contribution in [1.29, 1.82) is 0 Å². The molecule has 3 rings (SSSR count). The number of likely N-dealkylation sites (N-methyl/N-ethyl adjacent to an activating group) is 1. The second-order valence-corrected chi connectivity index (χ2v) is 4.12. The van der Waals surface area contributed by atoms with Gasteiger partial charge >= 0.3 is 6.03 Å². The zero-order chi connectivity index (χ0) is 11.1. The van der Waals surface area contributed by atoms with Gasteiger partial charge in [0.2, 0.25) is 0 Å². The lowest BCUT2D eigenvalue weighted by Gasteiger charge is -2.20. The maximum absolute atomic E-state index is 11.9. The molecule has 0 spiro atoms. The van der Waals surface area contributed by atoms with Crippen LogP contribution in [-0.2, 0) is 0 Å². The van der Waals surface area contributed by atoms with Crippen molar-refractivity contribution >= 4 is 11.6 Å². The van der Waals surface area contributed by atoms with Crippen LogP contribution >= 0.6 is 0 Å². The molecule has 1 saturated heterocycles. The number of urea groups is 1. The number of nitrogens with zero attached hydrogens (tertiary/aromatic N) is 3. The molecular weight excluding hydrogens is 206 g/mol. The van der Waals surface area contributed by atoms with Crippen molar-refractivity contribution in [2.75, 3.05) is 19.6 Å². The summed E-state index contributed by atoms with van der Waals surface area (Å²) in [5, 5.41) is 3.69. The SMILES string of the molecule is CCN1C(=O)N2CC(c3cnoc3)=CC1C2. The number of amides is 2. The highest BCUT2D eigenvalue weighted by atomic mass is 16.5. The second-order valence-electron chi connectivity index (χ2n) is 4.12. The van der Waals surface area contributed by atoms with Gasteiger partial charge < -0.3 is 14.3 Å². The van der Waals surface area contributed by atoms with Crippen LogP contribution < -0.4 is 0 Å². The fourth-order valence-corrected chi connectivity index (χ4v) is 2.41. The lowest BCUT2D eigenvalue weighted by molar-refractivity contribution is 0.196. The first-order valence-corrected chi connectivity index (χ1v) is 5.45. The van der Waals surface area contributed by atoms with E-state index in [1.807, 2.05) is 16.7 Å². The molecule has 2 aliphatic rings. The van der Waals surface area contributed by atoms with E-state index >= 15 is 0 Å². The molecule has 0 aliphatic carbocycles. The van der Waals surface area contributed by atoms with Crippen LogP contribution in [0.15, 0.2) is 23.1 Å². The molecule has 5 nitrogen and oxygen atoms in total. The Morgan fingerprint density at radius 2 is 2.50 bits per heavy atom. The van der Waals surface area contributed by atoms with Crippen LogP contribution in [0.2, 0.25) is 0 Å². The first-order chi connectivity index (χ1) is 7.79. The van der Waals surface area contributed by atoms with Crippen molar-refractivity contribution in [3.05, 3.63) is 24.1 Å². The average molecular weight is 219 g/mol. The monoisotopic (exact) mass is 219 g/mol. The third-order valence-electron chi connectivity index (χ3n) is 3.22. The molecule has 16 heavy (non-hydrogen) atoms. The minimum Gasteiger partial charge on any atom is -0.364 e. The summed E-state index contributed by atoms with van der Waals surface area (Å²) in [6, 6.07) is 0.339. The molecular formula is C11H13N3O2. The molecule has 5 heteroatoms. The number of rotatable bonds is 2. The first kappa shape index (κ1) is 9.45. The predicted octanol–water partition coefficient (Wildman–Crippen LogP) is 1.20. The molecule has 0 aromatic carbocycles. The molecule has 2 aliphatic heterocycles. The van der Waals surface area contributed by atoms with E-state index < -0.39 is 0 Å². The summed E-state index contributed by atoms with van der Waals surface area (Å²) in [5.74, 6) is 0. The summed E-state index contributed by atoms with van der Waals surface area (Å²) in [5.41, 5.74) is 2.10. The number of aromatic nitrogens is 1. The highest BCUT2D eigenvalue weighted by Gasteiger charge is 2.38. The Kier molecular flexibility index (Phi) is 1.99. The molecule has 1 fully saturated rings. The van der Waals surface area contributed by atoms with Crippen LogP contribution in [-0.4, -0.2) is 46.7 Å². The third-order valence-corrected chi connectivity index (χ3v) is 3.22. The van der Waals surface area contributed by atoms with Crippen molar-refractivity contribution in [2.45, 2.75) is 13.0 Å². The quantitative estimate of drug-likeness (QED) is 0.751. The van der Waals surface area contributed by atoms with Gasteiger partial charge in [-0.1, -0.05) is 11.2 Å². The van der Waals surface area contributed by atoms with E-state index in [0.717, 1.165) is 24.2 Å².